The number of hydrogen-bond acceptors (Lipinski definition) is 4. The zero-order valence-corrected chi connectivity index (χ0v) is 14.7. The first-order chi connectivity index (χ1) is 11.1. The molecule has 0 aliphatic carbocycles. The number of nitrogens with zero attached hydrogens (tertiary/aromatic N) is 3. The monoisotopic (exact) mass is 351 g/mol. The summed E-state index contributed by atoms with van der Waals surface area (Å²) in [4.78, 5) is 11.3. The smallest absolute Gasteiger partial charge is 0.132 e. The Bertz CT molecular complexity index is 708. The fraction of sp³-hybridized carbons (Fsp3) is 0.412. The molecule has 23 heavy (non-hydrogen) atoms. The van der Waals surface area contributed by atoms with E-state index in [4.69, 9.17) is 27.9 Å². The van der Waals surface area contributed by atoms with E-state index >= 15 is 0 Å². The lowest BCUT2D eigenvalue weighted by Gasteiger charge is -2.34. The van der Waals surface area contributed by atoms with Gasteiger partial charge < -0.3 is 9.64 Å². The van der Waals surface area contributed by atoms with E-state index in [2.05, 4.69) is 27.9 Å². The minimum atomic E-state index is -0.0427. The summed E-state index contributed by atoms with van der Waals surface area (Å²) in [5.74, 6) is 1.76. The van der Waals surface area contributed by atoms with Crippen LogP contribution in [0.1, 0.15) is 30.1 Å². The van der Waals surface area contributed by atoms with Gasteiger partial charge in [-0.2, -0.15) is 0 Å². The minimum Gasteiger partial charge on any atom is -0.370 e. The SMILES string of the molecule is CCc1cc(N2CCO[C@@H](c3ccc(Cl)c(Cl)c3)C2)nc(C)n1. The van der Waals surface area contributed by atoms with Crippen molar-refractivity contribution < 1.29 is 4.74 Å². The molecule has 0 bridgehead atoms. The van der Waals surface area contributed by atoms with Gasteiger partial charge in [-0.3, -0.25) is 0 Å². The molecule has 1 aromatic carbocycles. The predicted octanol–water partition coefficient (Wildman–Crippen LogP) is 4.23. The zero-order chi connectivity index (χ0) is 16.4. The van der Waals surface area contributed by atoms with Crippen molar-refractivity contribution >= 4 is 29.0 Å². The van der Waals surface area contributed by atoms with Gasteiger partial charge in [0, 0.05) is 24.8 Å². The molecule has 2 aromatic rings. The molecule has 1 saturated heterocycles. The second kappa shape index (κ2) is 7.04. The number of halogens is 2. The van der Waals surface area contributed by atoms with Crippen LogP contribution >= 0.6 is 23.2 Å². The second-order valence-corrected chi connectivity index (χ2v) is 6.41. The lowest BCUT2D eigenvalue weighted by Crippen LogP contribution is -2.39. The average molecular weight is 352 g/mol. The summed E-state index contributed by atoms with van der Waals surface area (Å²) in [6.07, 6.45) is 0.857. The van der Waals surface area contributed by atoms with Crippen molar-refractivity contribution in [3.8, 4) is 0 Å². The van der Waals surface area contributed by atoms with Crippen LogP contribution < -0.4 is 4.90 Å². The fourth-order valence-electron chi connectivity index (χ4n) is 2.73. The van der Waals surface area contributed by atoms with Gasteiger partial charge in [0.1, 0.15) is 17.7 Å². The lowest BCUT2D eigenvalue weighted by atomic mass is 10.1. The molecule has 4 nitrogen and oxygen atoms in total. The van der Waals surface area contributed by atoms with E-state index in [-0.39, 0.29) is 6.10 Å². The van der Waals surface area contributed by atoms with E-state index < -0.39 is 0 Å². The van der Waals surface area contributed by atoms with Crippen LogP contribution in [0.15, 0.2) is 24.3 Å². The number of hydrogen-bond donors (Lipinski definition) is 0. The number of ether oxygens (including phenoxy) is 1. The molecular weight excluding hydrogens is 333 g/mol. The van der Waals surface area contributed by atoms with Crippen molar-refractivity contribution in [2.45, 2.75) is 26.4 Å². The van der Waals surface area contributed by atoms with Crippen LogP contribution in [0.5, 0.6) is 0 Å². The topological polar surface area (TPSA) is 38.2 Å². The van der Waals surface area contributed by atoms with Gasteiger partial charge in [0.25, 0.3) is 0 Å². The van der Waals surface area contributed by atoms with Crippen molar-refractivity contribution in [3.05, 3.63) is 51.4 Å². The van der Waals surface area contributed by atoms with Gasteiger partial charge in [0.2, 0.25) is 0 Å². The van der Waals surface area contributed by atoms with Crippen LogP contribution in [0.25, 0.3) is 0 Å². The number of aryl methyl sites for hydroxylation is 2. The van der Waals surface area contributed by atoms with Crippen LogP contribution in [-0.4, -0.2) is 29.7 Å². The summed E-state index contributed by atoms with van der Waals surface area (Å²) >= 11 is 12.1. The molecule has 1 atom stereocenters. The van der Waals surface area contributed by atoms with Crippen molar-refractivity contribution in [2.24, 2.45) is 0 Å². The highest BCUT2D eigenvalue weighted by Crippen LogP contribution is 2.30. The average Bonchev–Trinajstić information content (AvgIpc) is 2.57. The Balaban J connectivity index is 1.83. The molecule has 1 aliphatic heterocycles. The van der Waals surface area contributed by atoms with Gasteiger partial charge in [-0.25, -0.2) is 9.97 Å². The summed E-state index contributed by atoms with van der Waals surface area (Å²) in [6.45, 7) is 6.23. The zero-order valence-electron chi connectivity index (χ0n) is 13.2. The first-order valence-corrected chi connectivity index (χ1v) is 8.48. The molecule has 1 fully saturated rings. The maximum atomic E-state index is 6.13. The third kappa shape index (κ3) is 3.77. The van der Waals surface area contributed by atoms with Crippen molar-refractivity contribution in [2.75, 3.05) is 24.6 Å². The summed E-state index contributed by atoms with van der Waals surface area (Å²) in [7, 11) is 0. The van der Waals surface area contributed by atoms with Crippen molar-refractivity contribution in [3.63, 3.8) is 0 Å². The summed E-state index contributed by atoms with van der Waals surface area (Å²) in [5.41, 5.74) is 2.09. The van der Waals surface area contributed by atoms with Gasteiger partial charge in [0.05, 0.1) is 16.7 Å². The third-order valence-electron chi connectivity index (χ3n) is 3.95. The van der Waals surface area contributed by atoms with E-state index in [1.807, 2.05) is 25.1 Å². The Labute approximate surface area is 146 Å². The van der Waals surface area contributed by atoms with E-state index in [1.54, 1.807) is 0 Å². The highest BCUT2D eigenvalue weighted by Gasteiger charge is 2.24. The van der Waals surface area contributed by atoms with Crippen LogP contribution in [0, 0.1) is 6.92 Å². The molecule has 3 rings (SSSR count). The predicted molar refractivity (Wildman–Crippen MR) is 93.5 cm³/mol. The molecule has 2 heterocycles. The van der Waals surface area contributed by atoms with Crippen LogP contribution in [0.2, 0.25) is 10.0 Å². The van der Waals surface area contributed by atoms with Gasteiger partial charge in [-0.1, -0.05) is 36.2 Å². The molecule has 0 radical (unpaired) electrons. The Morgan fingerprint density at radius 3 is 2.78 bits per heavy atom. The number of morpholine rings is 1. The third-order valence-corrected chi connectivity index (χ3v) is 4.68. The Kier molecular flexibility index (Phi) is 5.05. The standard InChI is InChI=1S/C17H19Cl2N3O/c1-3-13-9-17(21-11(2)20-13)22-6-7-23-16(10-22)12-4-5-14(18)15(19)8-12/h4-5,8-9,16H,3,6-7,10H2,1-2H3/t16-/m1/s1. The van der Waals surface area contributed by atoms with Gasteiger partial charge >= 0.3 is 0 Å². The van der Waals surface area contributed by atoms with E-state index in [1.165, 1.54) is 0 Å². The number of aromatic nitrogens is 2. The van der Waals surface area contributed by atoms with Crippen molar-refractivity contribution in [1.82, 2.24) is 9.97 Å². The molecule has 6 heteroatoms. The van der Waals surface area contributed by atoms with Gasteiger partial charge in [0.15, 0.2) is 0 Å². The van der Waals surface area contributed by atoms with Crippen LogP contribution in [-0.2, 0) is 11.2 Å². The summed E-state index contributed by atoms with van der Waals surface area (Å²) in [5, 5.41) is 1.11. The number of rotatable bonds is 3. The lowest BCUT2D eigenvalue weighted by molar-refractivity contribution is 0.0395. The molecule has 0 saturated carbocycles. The highest BCUT2D eigenvalue weighted by molar-refractivity contribution is 6.42. The number of anilines is 1. The Morgan fingerprint density at radius 1 is 1.22 bits per heavy atom. The molecule has 122 valence electrons. The molecular formula is C17H19Cl2N3O. The maximum Gasteiger partial charge on any atom is 0.132 e. The van der Waals surface area contributed by atoms with Crippen LogP contribution in [0.4, 0.5) is 5.82 Å². The first-order valence-electron chi connectivity index (χ1n) is 7.73. The molecule has 1 aromatic heterocycles. The number of benzene rings is 1. The second-order valence-electron chi connectivity index (χ2n) is 5.60. The largest absolute Gasteiger partial charge is 0.370 e. The summed E-state index contributed by atoms with van der Waals surface area (Å²) < 4.78 is 5.91. The quantitative estimate of drug-likeness (QED) is 0.829. The molecule has 0 spiro atoms. The van der Waals surface area contributed by atoms with E-state index in [0.29, 0.717) is 16.7 Å². The molecule has 1 aliphatic rings. The van der Waals surface area contributed by atoms with Crippen LogP contribution in [0.3, 0.4) is 0 Å². The fourth-order valence-corrected chi connectivity index (χ4v) is 3.03. The summed E-state index contributed by atoms with van der Waals surface area (Å²) in [6, 6.07) is 7.71. The molecule has 0 N–H and O–H groups in total. The highest BCUT2D eigenvalue weighted by atomic mass is 35.5. The van der Waals surface area contributed by atoms with Gasteiger partial charge in [-0.05, 0) is 31.0 Å². The molecule has 0 unspecified atom stereocenters. The first kappa shape index (κ1) is 16.5. The maximum absolute atomic E-state index is 6.13. The van der Waals surface area contributed by atoms with Crippen molar-refractivity contribution in [1.29, 1.82) is 0 Å². The minimum absolute atomic E-state index is 0.0427. The Morgan fingerprint density at radius 2 is 2.04 bits per heavy atom. The van der Waals surface area contributed by atoms with E-state index in [9.17, 15) is 0 Å². The Hall–Kier alpha value is -1.36. The normalized spacial score (nSPS) is 18.3. The van der Waals surface area contributed by atoms with E-state index in [0.717, 1.165) is 42.4 Å². The van der Waals surface area contributed by atoms with Gasteiger partial charge in [-0.15, -0.1) is 0 Å². The molecule has 0 amide bonds.